The topological polar surface area (TPSA) is 53.9 Å². The minimum atomic E-state index is 0.601. The molecular weight excluding hydrogens is 226 g/mol. The summed E-state index contributed by atoms with van der Waals surface area (Å²) in [5.74, 6) is 0.671. The van der Waals surface area contributed by atoms with E-state index in [-0.39, 0.29) is 0 Å². The lowest BCUT2D eigenvalue weighted by atomic mass is 10.2. The van der Waals surface area contributed by atoms with Crippen molar-refractivity contribution in [1.82, 2.24) is 20.1 Å². The lowest BCUT2D eigenvalue weighted by Gasteiger charge is -2.19. The van der Waals surface area contributed by atoms with Crippen LogP contribution in [0, 0.1) is 0 Å². The van der Waals surface area contributed by atoms with Crippen molar-refractivity contribution in [3.8, 4) is 0 Å². The Balaban J connectivity index is 1.97. The van der Waals surface area contributed by atoms with Gasteiger partial charge in [0.1, 0.15) is 0 Å². The van der Waals surface area contributed by atoms with E-state index < -0.39 is 0 Å². The zero-order valence-electron chi connectivity index (χ0n) is 11.6. The van der Waals surface area contributed by atoms with Crippen molar-refractivity contribution in [2.45, 2.75) is 45.6 Å². The van der Waals surface area contributed by atoms with Crippen molar-refractivity contribution in [3.63, 3.8) is 0 Å². The van der Waals surface area contributed by atoms with Crippen molar-refractivity contribution in [1.29, 1.82) is 0 Å². The molecule has 0 aliphatic carbocycles. The monoisotopic (exact) mass is 249 g/mol. The zero-order valence-corrected chi connectivity index (χ0v) is 11.6. The minimum Gasteiger partial charge on any atom is -0.351 e. The van der Waals surface area contributed by atoms with E-state index in [1.54, 1.807) is 0 Å². The molecule has 1 aromatic heterocycles. The molecule has 1 aliphatic heterocycles. The lowest BCUT2D eigenvalue weighted by molar-refractivity contribution is 0.322. The molecule has 100 valence electrons. The molecule has 2 heterocycles. The van der Waals surface area contributed by atoms with Gasteiger partial charge in [-0.1, -0.05) is 13.8 Å². The second-order valence-electron chi connectivity index (χ2n) is 4.89. The number of nitrogens with one attached hydrogen (secondary N) is 1. The second kappa shape index (κ2) is 6.09. The van der Waals surface area contributed by atoms with Gasteiger partial charge in [-0.05, 0) is 39.3 Å². The average Bonchev–Trinajstić information content (AvgIpc) is 2.81. The summed E-state index contributed by atoms with van der Waals surface area (Å²) in [6.07, 6.45) is 4.35. The predicted molar refractivity (Wildman–Crippen MR) is 72.7 cm³/mol. The van der Waals surface area contributed by atoms with Crippen LogP contribution < -0.4 is 5.32 Å². The number of rotatable bonds is 5. The second-order valence-corrected chi connectivity index (χ2v) is 4.89. The molecule has 0 saturated carbocycles. The lowest BCUT2D eigenvalue weighted by Crippen LogP contribution is -2.32. The summed E-state index contributed by atoms with van der Waals surface area (Å²) in [4.78, 5) is 6.94. The average molecular weight is 249 g/mol. The van der Waals surface area contributed by atoms with E-state index in [1.807, 2.05) is 0 Å². The summed E-state index contributed by atoms with van der Waals surface area (Å²) in [6.45, 7) is 6.30. The Labute approximate surface area is 109 Å². The van der Waals surface area contributed by atoms with E-state index in [0.29, 0.717) is 12.0 Å². The van der Waals surface area contributed by atoms with E-state index in [2.05, 4.69) is 46.3 Å². The minimum absolute atomic E-state index is 0.601. The van der Waals surface area contributed by atoms with Gasteiger partial charge in [0.2, 0.25) is 5.95 Å². The molecule has 1 fully saturated rings. The highest BCUT2D eigenvalue weighted by Crippen LogP contribution is 2.15. The van der Waals surface area contributed by atoms with Crippen LogP contribution in [0.15, 0.2) is 0 Å². The summed E-state index contributed by atoms with van der Waals surface area (Å²) in [7, 11) is 2.18. The van der Waals surface area contributed by atoms with Gasteiger partial charge in [0.05, 0.1) is 11.4 Å². The van der Waals surface area contributed by atoms with E-state index in [1.165, 1.54) is 19.4 Å². The molecule has 2 rings (SSSR count). The maximum Gasteiger partial charge on any atom is 0.243 e. The Hall–Kier alpha value is -1.23. The molecule has 18 heavy (non-hydrogen) atoms. The number of aryl methyl sites for hydroxylation is 2. The fourth-order valence-corrected chi connectivity index (χ4v) is 2.46. The van der Waals surface area contributed by atoms with Gasteiger partial charge in [-0.25, -0.2) is 4.98 Å². The molecule has 0 radical (unpaired) electrons. The van der Waals surface area contributed by atoms with Gasteiger partial charge in [-0.2, -0.15) is 5.10 Å². The Morgan fingerprint density at radius 3 is 2.61 bits per heavy atom. The molecule has 1 aliphatic rings. The molecule has 1 saturated heterocycles. The molecule has 0 aromatic carbocycles. The molecule has 0 bridgehead atoms. The van der Waals surface area contributed by atoms with Crippen LogP contribution in [0.1, 0.15) is 38.1 Å². The van der Waals surface area contributed by atoms with Crippen LogP contribution in [0.5, 0.6) is 0 Å². The van der Waals surface area contributed by atoms with E-state index >= 15 is 0 Å². The standard InChI is InChI=1S/C13H23N5/c1-4-11-12(5-2)16-17-13(15-11)14-9-10-7-6-8-18(10)3/h10H,4-9H2,1-3H3,(H,14,15,17). The highest BCUT2D eigenvalue weighted by atomic mass is 15.3. The molecule has 1 atom stereocenters. The Kier molecular flexibility index (Phi) is 4.47. The highest BCUT2D eigenvalue weighted by molar-refractivity contribution is 5.26. The molecule has 1 unspecified atom stereocenters. The van der Waals surface area contributed by atoms with Crippen molar-refractivity contribution in [2.75, 3.05) is 25.5 Å². The first-order chi connectivity index (χ1) is 8.74. The molecule has 0 spiro atoms. The molecular formula is C13H23N5. The van der Waals surface area contributed by atoms with E-state index in [9.17, 15) is 0 Å². The van der Waals surface area contributed by atoms with Gasteiger partial charge in [-0.15, -0.1) is 5.10 Å². The number of anilines is 1. The highest BCUT2D eigenvalue weighted by Gasteiger charge is 2.20. The fourth-order valence-electron chi connectivity index (χ4n) is 2.46. The van der Waals surface area contributed by atoms with Gasteiger partial charge < -0.3 is 10.2 Å². The van der Waals surface area contributed by atoms with Crippen LogP contribution in [0.25, 0.3) is 0 Å². The number of hydrogen-bond acceptors (Lipinski definition) is 5. The molecule has 5 heteroatoms. The van der Waals surface area contributed by atoms with Crippen molar-refractivity contribution in [3.05, 3.63) is 11.4 Å². The van der Waals surface area contributed by atoms with Crippen LogP contribution in [0.3, 0.4) is 0 Å². The first kappa shape index (κ1) is 13.2. The number of likely N-dealkylation sites (tertiary alicyclic amines) is 1. The van der Waals surface area contributed by atoms with Crippen molar-refractivity contribution < 1.29 is 0 Å². The Bertz CT molecular complexity index is 393. The first-order valence-electron chi connectivity index (χ1n) is 6.91. The summed E-state index contributed by atoms with van der Waals surface area (Å²) < 4.78 is 0. The number of nitrogens with zero attached hydrogens (tertiary/aromatic N) is 4. The van der Waals surface area contributed by atoms with E-state index in [0.717, 1.165) is 30.8 Å². The van der Waals surface area contributed by atoms with Gasteiger partial charge in [-0.3, -0.25) is 0 Å². The van der Waals surface area contributed by atoms with Gasteiger partial charge >= 0.3 is 0 Å². The third-order valence-electron chi connectivity index (χ3n) is 3.68. The molecule has 1 aromatic rings. The van der Waals surface area contributed by atoms with Crippen molar-refractivity contribution >= 4 is 5.95 Å². The van der Waals surface area contributed by atoms with Crippen molar-refractivity contribution in [2.24, 2.45) is 0 Å². The predicted octanol–water partition coefficient (Wildman–Crippen LogP) is 1.50. The van der Waals surface area contributed by atoms with E-state index in [4.69, 9.17) is 0 Å². The number of hydrogen-bond donors (Lipinski definition) is 1. The fraction of sp³-hybridized carbons (Fsp3) is 0.769. The quantitative estimate of drug-likeness (QED) is 0.857. The maximum absolute atomic E-state index is 4.54. The summed E-state index contributed by atoms with van der Waals surface area (Å²) in [5, 5.41) is 11.7. The largest absolute Gasteiger partial charge is 0.351 e. The SMILES string of the molecule is CCc1nnc(NCC2CCCN2C)nc1CC. The van der Waals surface area contributed by atoms with Gasteiger partial charge in [0.25, 0.3) is 0 Å². The Morgan fingerprint density at radius 1 is 1.22 bits per heavy atom. The van der Waals surface area contributed by atoms with Crippen LogP contribution in [0.4, 0.5) is 5.95 Å². The molecule has 1 N–H and O–H groups in total. The zero-order chi connectivity index (χ0) is 13.0. The maximum atomic E-state index is 4.54. The first-order valence-corrected chi connectivity index (χ1v) is 6.91. The van der Waals surface area contributed by atoms with Crippen LogP contribution in [-0.2, 0) is 12.8 Å². The smallest absolute Gasteiger partial charge is 0.243 e. The third kappa shape index (κ3) is 2.96. The third-order valence-corrected chi connectivity index (χ3v) is 3.68. The number of aromatic nitrogens is 3. The van der Waals surface area contributed by atoms with Crippen LogP contribution >= 0.6 is 0 Å². The summed E-state index contributed by atoms with van der Waals surface area (Å²) >= 11 is 0. The molecule has 0 amide bonds. The summed E-state index contributed by atoms with van der Waals surface area (Å²) in [5.41, 5.74) is 2.08. The summed E-state index contributed by atoms with van der Waals surface area (Å²) in [6, 6.07) is 0.601. The van der Waals surface area contributed by atoms with Crippen LogP contribution in [0.2, 0.25) is 0 Å². The molecule has 5 nitrogen and oxygen atoms in total. The van der Waals surface area contributed by atoms with Gasteiger partial charge in [0.15, 0.2) is 0 Å². The number of likely N-dealkylation sites (N-methyl/N-ethyl adjacent to an activating group) is 1. The Morgan fingerprint density at radius 2 is 2.00 bits per heavy atom. The van der Waals surface area contributed by atoms with Crippen LogP contribution in [-0.4, -0.2) is 46.3 Å². The normalized spacial score (nSPS) is 20.3. The van der Waals surface area contributed by atoms with Gasteiger partial charge in [0, 0.05) is 12.6 Å².